The molecule has 2 rings (SSSR count). The first-order chi connectivity index (χ1) is 13.9. The molecule has 0 aliphatic heterocycles. The number of ether oxygens (including phenoxy) is 2. The minimum absolute atomic E-state index is 0.0466. The van der Waals surface area contributed by atoms with Crippen LogP contribution >= 0.6 is 0 Å². The smallest absolute Gasteiger partial charge is 0.412 e. The van der Waals surface area contributed by atoms with Crippen LogP contribution in [0.15, 0.2) is 65.7 Å². The van der Waals surface area contributed by atoms with Gasteiger partial charge >= 0.3 is 12.1 Å². The largest absolute Gasteiger partial charge is 0.458 e. The van der Waals surface area contributed by atoms with Crippen LogP contribution < -0.4 is 5.32 Å². The highest BCUT2D eigenvalue weighted by Gasteiger charge is 2.12. The van der Waals surface area contributed by atoms with Gasteiger partial charge in [0.1, 0.15) is 12.7 Å². The Morgan fingerprint density at radius 1 is 1.10 bits per heavy atom. The lowest BCUT2D eigenvalue weighted by Crippen LogP contribution is -2.25. The second kappa shape index (κ2) is 10.6. The van der Waals surface area contributed by atoms with Crippen molar-refractivity contribution in [3.05, 3.63) is 71.8 Å². The third-order valence-electron chi connectivity index (χ3n) is 3.83. The number of carbonyl (C=O) groups is 2. The van der Waals surface area contributed by atoms with Crippen molar-refractivity contribution >= 4 is 29.5 Å². The summed E-state index contributed by atoms with van der Waals surface area (Å²) in [5.41, 5.74) is 3.54. The number of nitrogens with one attached hydrogen (secondary N) is 1. The number of hydrogen-bond donors (Lipinski definition) is 1. The normalized spacial score (nSPS) is 11.0. The van der Waals surface area contributed by atoms with Crippen molar-refractivity contribution in [3.63, 3.8) is 0 Å². The molecule has 1 amide bonds. The van der Waals surface area contributed by atoms with Crippen molar-refractivity contribution in [2.24, 2.45) is 4.99 Å². The van der Waals surface area contributed by atoms with Crippen molar-refractivity contribution in [3.8, 4) is 0 Å². The highest BCUT2D eigenvalue weighted by atomic mass is 16.6. The molecular formula is C22H22N2O5. The average Bonchev–Trinajstić information content (AvgIpc) is 2.69. The number of hydrogen-bond acceptors (Lipinski definition) is 6. The Kier molecular flexibility index (Phi) is 7.88. The van der Waals surface area contributed by atoms with Crippen LogP contribution in [-0.2, 0) is 25.5 Å². The number of amides is 1. The predicted octanol–water partition coefficient (Wildman–Crippen LogP) is 4.30. The second-order valence-electron chi connectivity index (χ2n) is 6.46. The lowest BCUT2D eigenvalue weighted by Gasteiger charge is -2.14. The summed E-state index contributed by atoms with van der Waals surface area (Å²) in [6.45, 7) is 6.60. The van der Waals surface area contributed by atoms with Gasteiger partial charge in [0.25, 0.3) is 0 Å². The van der Waals surface area contributed by atoms with Crippen LogP contribution in [0.4, 0.5) is 16.2 Å². The van der Waals surface area contributed by atoms with Crippen LogP contribution in [0, 0.1) is 0 Å². The minimum atomic E-state index is -0.636. The Hall–Kier alpha value is -3.70. The molecule has 0 radical (unpaired) electrons. The quantitative estimate of drug-likeness (QED) is 0.312. The fourth-order valence-corrected chi connectivity index (χ4v) is 2.36. The van der Waals surface area contributed by atoms with E-state index in [9.17, 15) is 14.4 Å². The first-order valence-corrected chi connectivity index (χ1v) is 8.93. The molecule has 0 fully saturated rings. The van der Waals surface area contributed by atoms with Gasteiger partial charge in [-0.3, -0.25) is 5.32 Å². The van der Waals surface area contributed by atoms with Gasteiger partial charge in [-0.05, 0) is 55.7 Å². The average molecular weight is 394 g/mol. The molecule has 0 saturated carbocycles. The molecule has 29 heavy (non-hydrogen) atoms. The Labute approximate surface area is 169 Å². The lowest BCUT2D eigenvalue weighted by atomic mass is 10.0. The van der Waals surface area contributed by atoms with E-state index in [-0.39, 0.29) is 12.2 Å². The number of benzene rings is 2. The maximum atomic E-state index is 11.9. The Morgan fingerprint density at radius 2 is 1.69 bits per heavy atom. The maximum Gasteiger partial charge on any atom is 0.412 e. The van der Waals surface area contributed by atoms with Gasteiger partial charge in [0.15, 0.2) is 0 Å². The first kappa shape index (κ1) is 21.6. The number of rotatable bonds is 8. The number of isocyanates is 1. The van der Waals surface area contributed by atoms with E-state index in [4.69, 9.17) is 9.47 Å². The van der Waals surface area contributed by atoms with Crippen molar-refractivity contribution < 1.29 is 23.9 Å². The molecule has 1 atom stereocenters. The van der Waals surface area contributed by atoms with Crippen molar-refractivity contribution in [2.75, 3.05) is 11.9 Å². The molecule has 0 aromatic heterocycles. The molecule has 7 nitrogen and oxygen atoms in total. The lowest BCUT2D eigenvalue weighted by molar-refractivity contribution is -0.141. The molecule has 0 saturated heterocycles. The summed E-state index contributed by atoms with van der Waals surface area (Å²) < 4.78 is 10.1. The molecule has 0 spiro atoms. The van der Waals surface area contributed by atoms with Gasteiger partial charge in [-0.25, -0.2) is 14.4 Å². The molecule has 0 aliphatic rings. The fraction of sp³-hybridized carbons (Fsp3) is 0.227. The summed E-state index contributed by atoms with van der Waals surface area (Å²) in [4.78, 5) is 37.1. The molecule has 1 unspecified atom stereocenters. The van der Waals surface area contributed by atoms with Crippen LogP contribution in [0.1, 0.15) is 25.0 Å². The zero-order valence-corrected chi connectivity index (χ0v) is 16.3. The number of esters is 1. The Balaban J connectivity index is 1.83. The van der Waals surface area contributed by atoms with Gasteiger partial charge < -0.3 is 9.47 Å². The van der Waals surface area contributed by atoms with Crippen molar-refractivity contribution in [2.45, 2.75) is 26.4 Å². The number of carbonyl (C=O) groups excluding carboxylic acids is 3. The molecule has 2 aromatic carbocycles. The van der Waals surface area contributed by atoms with E-state index < -0.39 is 18.2 Å². The zero-order chi connectivity index (χ0) is 21.2. The second-order valence-corrected chi connectivity index (χ2v) is 6.46. The van der Waals surface area contributed by atoms with Gasteiger partial charge in [-0.1, -0.05) is 30.8 Å². The number of aliphatic imine (C=N–C) groups is 1. The van der Waals surface area contributed by atoms with Crippen molar-refractivity contribution in [1.29, 1.82) is 0 Å². The third-order valence-corrected chi connectivity index (χ3v) is 3.83. The number of anilines is 1. The van der Waals surface area contributed by atoms with Gasteiger partial charge in [0.05, 0.1) is 5.69 Å². The highest BCUT2D eigenvalue weighted by Crippen LogP contribution is 2.17. The summed E-state index contributed by atoms with van der Waals surface area (Å²) in [6.07, 6.45) is 0.974. The summed E-state index contributed by atoms with van der Waals surface area (Å²) >= 11 is 0. The topological polar surface area (TPSA) is 94.1 Å². The molecule has 0 aliphatic carbocycles. The van der Waals surface area contributed by atoms with E-state index in [1.807, 2.05) is 24.3 Å². The van der Waals surface area contributed by atoms with Crippen LogP contribution in [-0.4, -0.2) is 30.9 Å². The number of nitrogens with zero attached hydrogens (tertiary/aromatic N) is 1. The standard InChI is InChI=1S/C22H22N2O5/c1-15(2)21(26)28-13-16(3)29-22(27)24-20-10-6-18(7-11-20)12-17-4-8-19(9-5-17)23-14-25/h4-11,16H,1,12-13H2,2-3H3,(H,24,27). The van der Waals surface area contributed by atoms with E-state index in [1.165, 1.54) is 6.08 Å². The predicted molar refractivity (Wildman–Crippen MR) is 109 cm³/mol. The molecule has 0 bridgehead atoms. The summed E-state index contributed by atoms with van der Waals surface area (Å²) in [7, 11) is 0. The summed E-state index contributed by atoms with van der Waals surface area (Å²) in [5.74, 6) is -0.525. The van der Waals surface area contributed by atoms with Crippen LogP contribution in [0.5, 0.6) is 0 Å². The third kappa shape index (κ3) is 7.44. The fourth-order valence-electron chi connectivity index (χ4n) is 2.36. The van der Waals surface area contributed by atoms with Gasteiger partial charge in [-0.15, -0.1) is 0 Å². The minimum Gasteiger partial charge on any atom is -0.458 e. The molecule has 150 valence electrons. The van der Waals surface area contributed by atoms with Crippen LogP contribution in [0.3, 0.4) is 0 Å². The summed E-state index contributed by atoms with van der Waals surface area (Å²) in [6, 6.07) is 14.6. The first-order valence-electron chi connectivity index (χ1n) is 8.93. The van der Waals surface area contributed by atoms with E-state index in [2.05, 4.69) is 16.9 Å². The monoisotopic (exact) mass is 394 g/mol. The molecule has 1 N–H and O–H groups in total. The molecule has 7 heteroatoms. The molecule has 0 heterocycles. The van der Waals surface area contributed by atoms with Gasteiger partial charge in [-0.2, -0.15) is 4.99 Å². The molecular weight excluding hydrogens is 372 g/mol. The van der Waals surface area contributed by atoms with Crippen molar-refractivity contribution in [1.82, 2.24) is 0 Å². The Bertz CT molecular complexity index is 913. The SMILES string of the molecule is C=C(C)C(=O)OCC(C)OC(=O)Nc1ccc(Cc2ccc(N=C=O)cc2)cc1. The van der Waals surface area contributed by atoms with E-state index in [0.717, 1.165) is 11.1 Å². The zero-order valence-electron chi connectivity index (χ0n) is 16.3. The maximum absolute atomic E-state index is 11.9. The highest BCUT2D eigenvalue weighted by molar-refractivity contribution is 5.87. The molecule has 2 aromatic rings. The van der Waals surface area contributed by atoms with Gasteiger partial charge in [0.2, 0.25) is 6.08 Å². The summed E-state index contributed by atoms with van der Waals surface area (Å²) in [5, 5.41) is 2.63. The Morgan fingerprint density at radius 3 is 2.24 bits per heavy atom. The van der Waals surface area contributed by atoms with E-state index in [0.29, 0.717) is 17.8 Å². The van der Waals surface area contributed by atoms with E-state index >= 15 is 0 Å². The van der Waals surface area contributed by atoms with Gasteiger partial charge in [0, 0.05) is 11.3 Å². The van der Waals surface area contributed by atoms with Crippen LogP contribution in [0.25, 0.3) is 0 Å². The van der Waals surface area contributed by atoms with Crippen LogP contribution in [0.2, 0.25) is 0 Å². The van der Waals surface area contributed by atoms with E-state index in [1.54, 1.807) is 38.1 Å².